The average molecular weight is 553 g/mol. The lowest BCUT2D eigenvalue weighted by atomic mass is 10.0. The molecule has 0 saturated carbocycles. The van der Waals surface area contributed by atoms with Gasteiger partial charge in [0.15, 0.2) is 0 Å². The number of aromatic nitrogens is 5. The second kappa shape index (κ2) is 10.6. The van der Waals surface area contributed by atoms with Gasteiger partial charge in [0.2, 0.25) is 11.9 Å². The minimum atomic E-state index is -0.849. The molecule has 4 aromatic rings. The Morgan fingerprint density at radius 3 is 2.41 bits per heavy atom. The van der Waals surface area contributed by atoms with Crippen molar-refractivity contribution in [2.75, 3.05) is 49.2 Å². The van der Waals surface area contributed by atoms with Crippen molar-refractivity contribution >= 4 is 28.7 Å². The Balaban J connectivity index is 1.06. The second-order valence-electron chi connectivity index (χ2n) is 10.8. The summed E-state index contributed by atoms with van der Waals surface area (Å²) in [6.45, 7) is 7.91. The number of aliphatic hydroxyl groups excluding tert-OH is 1. The monoisotopic (exact) mass is 552 g/mol. The summed E-state index contributed by atoms with van der Waals surface area (Å²) >= 11 is 0. The SMILES string of the molecule is C=CC(=O)N1CC2CCC(C1)N2c1ncc(C(O)c2ccc(-c3cc4c(N5CCOCC5)ncnc4[nH]3)cc2)cn1. The van der Waals surface area contributed by atoms with Gasteiger partial charge in [-0.15, -0.1) is 0 Å². The zero-order chi connectivity index (χ0) is 27.9. The van der Waals surface area contributed by atoms with Gasteiger partial charge in [-0.1, -0.05) is 30.8 Å². The van der Waals surface area contributed by atoms with Crippen molar-refractivity contribution in [1.82, 2.24) is 29.8 Å². The minimum Gasteiger partial charge on any atom is -0.384 e. The Kier molecular flexibility index (Phi) is 6.60. The fourth-order valence-electron chi connectivity index (χ4n) is 6.29. The highest BCUT2D eigenvalue weighted by Crippen LogP contribution is 2.34. The van der Waals surface area contributed by atoms with Crippen LogP contribution in [0.2, 0.25) is 0 Å². The quantitative estimate of drug-likeness (QED) is 0.348. The molecule has 41 heavy (non-hydrogen) atoms. The third kappa shape index (κ3) is 4.70. The van der Waals surface area contributed by atoms with Crippen molar-refractivity contribution in [2.24, 2.45) is 0 Å². The lowest BCUT2D eigenvalue weighted by Crippen LogP contribution is -2.55. The maximum atomic E-state index is 12.1. The molecule has 3 aliphatic heterocycles. The molecule has 3 fully saturated rings. The van der Waals surface area contributed by atoms with Crippen LogP contribution in [-0.4, -0.2) is 92.3 Å². The van der Waals surface area contributed by atoms with E-state index in [1.807, 2.05) is 29.2 Å². The molecule has 0 radical (unpaired) electrons. The minimum absolute atomic E-state index is 0.0251. The molecule has 6 heterocycles. The predicted octanol–water partition coefficient (Wildman–Crippen LogP) is 2.70. The number of nitrogens with zero attached hydrogens (tertiary/aromatic N) is 7. The van der Waals surface area contributed by atoms with Gasteiger partial charge in [0.1, 0.15) is 23.9 Å². The van der Waals surface area contributed by atoms with Gasteiger partial charge >= 0.3 is 0 Å². The van der Waals surface area contributed by atoms with Crippen molar-refractivity contribution in [3.63, 3.8) is 0 Å². The molecule has 1 amide bonds. The Morgan fingerprint density at radius 2 is 1.73 bits per heavy atom. The van der Waals surface area contributed by atoms with E-state index in [-0.39, 0.29) is 18.0 Å². The number of amides is 1. The van der Waals surface area contributed by atoms with Crippen LogP contribution in [0.4, 0.5) is 11.8 Å². The number of ether oxygens (including phenoxy) is 1. The molecule has 0 aliphatic carbocycles. The number of carbonyl (C=O) groups excluding carboxylic acids is 1. The van der Waals surface area contributed by atoms with Gasteiger partial charge < -0.3 is 29.5 Å². The molecule has 3 aliphatic rings. The molecule has 1 aromatic carbocycles. The number of likely N-dealkylation sites (tertiary alicyclic amines) is 1. The van der Waals surface area contributed by atoms with E-state index in [9.17, 15) is 9.90 Å². The van der Waals surface area contributed by atoms with Crippen LogP contribution in [0.5, 0.6) is 0 Å². The number of hydrogen-bond acceptors (Lipinski definition) is 9. The third-order valence-corrected chi connectivity index (χ3v) is 8.43. The molecule has 7 rings (SSSR count). The summed E-state index contributed by atoms with van der Waals surface area (Å²) in [6, 6.07) is 10.3. The number of nitrogens with one attached hydrogen (secondary N) is 1. The molecule has 3 saturated heterocycles. The number of morpholine rings is 1. The van der Waals surface area contributed by atoms with Crippen LogP contribution in [0.1, 0.15) is 30.1 Å². The fraction of sp³-hybridized carbons (Fsp3) is 0.367. The fourth-order valence-corrected chi connectivity index (χ4v) is 6.29. The van der Waals surface area contributed by atoms with Crippen LogP contribution < -0.4 is 9.80 Å². The maximum absolute atomic E-state index is 12.1. The Labute approximate surface area is 237 Å². The molecule has 11 nitrogen and oxygen atoms in total. The number of hydrogen-bond donors (Lipinski definition) is 2. The van der Waals surface area contributed by atoms with Crippen molar-refractivity contribution < 1.29 is 14.6 Å². The van der Waals surface area contributed by atoms with Gasteiger partial charge in [-0.2, -0.15) is 0 Å². The van der Waals surface area contributed by atoms with Crippen molar-refractivity contribution in [3.8, 4) is 11.3 Å². The van der Waals surface area contributed by atoms with Crippen LogP contribution in [0.3, 0.4) is 0 Å². The lowest BCUT2D eigenvalue weighted by Gasteiger charge is -2.40. The maximum Gasteiger partial charge on any atom is 0.246 e. The summed E-state index contributed by atoms with van der Waals surface area (Å²) in [7, 11) is 0. The van der Waals surface area contributed by atoms with E-state index in [4.69, 9.17) is 4.74 Å². The number of piperazine rings is 1. The van der Waals surface area contributed by atoms with Gasteiger partial charge in [0.25, 0.3) is 0 Å². The van der Waals surface area contributed by atoms with Gasteiger partial charge in [-0.05, 0) is 36.1 Å². The molecule has 3 unspecified atom stereocenters. The van der Waals surface area contributed by atoms with Crippen molar-refractivity contribution in [3.05, 3.63) is 72.8 Å². The zero-order valence-corrected chi connectivity index (χ0v) is 22.7. The topological polar surface area (TPSA) is 124 Å². The van der Waals surface area contributed by atoms with Gasteiger partial charge in [-0.25, -0.2) is 19.9 Å². The van der Waals surface area contributed by atoms with E-state index in [0.717, 1.165) is 59.6 Å². The number of fused-ring (bicyclic) bond motifs is 3. The van der Waals surface area contributed by atoms with E-state index >= 15 is 0 Å². The number of H-pyrrole nitrogens is 1. The van der Waals surface area contributed by atoms with E-state index < -0.39 is 6.10 Å². The number of aliphatic hydroxyl groups is 1. The highest BCUT2D eigenvalue weighted by molar-refractivity contribution is 5.92. The number of carbonyl (C=O) groups is 1. The molecular formula is C30H32N8O3. The molecule has 3 atom stereocenters. The summed E-state index contributed by atoms with van der Waals surface area (Å²) in [5, 5.41) is 12.1. The summed E-state index contributed by atoms with van der Waals surface area (Å²) in [4.78, 5) is 40.1. The van der Waals surface area contributed by atoms with Gasteiger partial charge in [-0.3, -0.25) is 4.79 Å². The smallest absolute Gasteiger partial charge is 0.246 e. The standard InChI is InChI=1S/C30H32N8O3/c1-2-26(39)37-16-22-7-8-23(17-37)38(22)30-31-14-21(15-32-30)27(40)20-5-3-19(4-6-20)25-13-24-28(35-25)33-18-34-29(24)36-9-11-41-12-10-36/h2-6,13-15,18,22-23,27,40H,1,7-12,16-17H2,(H,33,34,35). The van der Waals surface area contributed by atoms with E-state index in [1.165, 1.54) is 6.08 Å². The normalized spacial score (nSPS) is 21.3. The first-order valence-corrected chi connectivity index (χ1v) is 14.1. The number of anilines is 2. The molecule has 2 N–H and O–H groups in total. The molecule has 0 spiro atoms. The summed E-state index contributed by atoms with van der Waals surface area (Å²) in [5.74, 6) is 1.53. The van der Waals surface area contributed by atoms with Gasteiger partial charge in [0.05, 0.1) is 18.6 Å². The second-order valence-corrected chi connectivity index (χ2v) is 10.8. The summed E-state index contributed by atoms with van der Waals surface area (Å²) in [6.07, 6.45) is 7.53. The summed E-state index contributed by atoms with van der Waals surface area (Å²) in [5.41, 5.74) is 4.10. The first-order chi connectivity index (χ1) is 20.1. The van der Waals surface area contributed by atoms with E-state index in [0.29, 0.717) is 37.8 Å². The largest absolute Gasteiger partial charge is 0.384 e. The lowest BCUT2D eigenvalue weighted by molar-refractivity contribution is -0.126. The zero-order valence-electron chi connectivity index (χ0n) is 22.7. The van der Waals surface area contributed by atoms with Crippen LogP contribution in [-0.2, 0) is 9.53 Å². The number of rotatable bonds is 6. The third-order valence-electron chi connectivity index (χ3n) is 8.43. The highest BCUT2D eigenvalue weighted by atomic mass is 16.5. The van der Waals surface area contributed by atoms with Crippen LogP contribution in [0, 0.1) is 0 Å². The van der Waals surface area contributed by atoms with Crippen LogP contribution in [0.15, 0.2) is 61.7 Å². The summed E-state index contributed by atoms with van der Waals surface area (Å²) < 4.78 is 5.49. The molecule has 2 bridgehead atoms. The van der Waals surface area contributed by atoms with E-state index in [2.05, 4.69) is 47.4 Å². The van der Waals surface area contributed by atoms with E-state index in [1.54, 1.807) is 18.7 Å². The van der Waals surface area contributed by atoms with Crippen LogP contribution >= 0.6 is 0 Å². The molecule has 3 aromatic heterocycles. The average Bonchev–Trinajstić information content (AvgIpc) is 3.58. The Hall–Kier alpha value is -4.35. The van der Waals surface area contributed by atoms with Gasteiger partial charge in [0, 0.05) is 61.9 Å². The number of aromatic amines is 1. The first-order valence-electron chi connectivity index (χ1n) is 14.1. The number of benzene rings is 1. The molecule has 210 valence electrons. The Bertz CT molecular complexity index is 1550. The Morgan fingerprint density at radius 1 is 1.02 bits per heavy atom. The first kappa shape index (κ1) is 25.6. The molecule has 11 heteroatoms. The van der Waals surface area contributed by atoms with Crippen molar-refractivity contribution in [2.45, 2.75) is 31.0 Å². The van der Waals surface area contributed by atoms with Crippen LogP contribution in [0.25, 0.3) is 22.3 Å². The predicted molar refractivity (Wildman–Crippen MR) is 155 cm³/mol. The van der Waals surface area contributed by atoms with Crippen molar-refractivity contribution in [1.29, 1.82) is 0 Å². The highest BCUT2D eigenvalue weighted by Gasteiger charge is 2.42. The molecular weight excluding hydrogens is 520 g/mol.